The molecule has 4 heterocycles. The summed E-state index contributed by atoms with van der Waals surface area (Å²) in [6, 6.07) is 53.7. The number of fused-ring (bicyclic) bond motifs is 6. The van der Waals surface area contributed by atoms with Gasteiger partial charge in [0, 0.05) is 50.5 Å². The predicted octanol–water partition coefficient (Wildman–Crippen LogP) is 10.9. The lowest BCUT2D eigenvalue weighted by molar-refractivity contribution is 0.668. The van der Waals surface area contributed by atoms with Gasteiger partial charge < -0.3 is 4.42 Å². The van der Waals surface area contributed by atoms with Gasteiger partial charge in [-0.3, -0.25) is 4.57 Å². The fourth-order valence-electron chi connectivity index (χ4n) is 7.08. The normalized spacial score (nSPS) is 11.6. The average molecular weight is 642 g/mol. The molecule has 6 nitrogen and oxygen atoms in total. The van der Waals surface area contributed by atoms with Crippen molar-refractivity contribution in [3.05, 3.63) is 164 Å². The van der Waals surface area contributed by atoms with E-state index >= 15 is 0 Å². The maximum atomic E-state index is 6.58. The molecule has 0 aliphatic carbocycles. The van der Waals surface area contributed by atoms with Crippen molar-refractivity contribution in [1.82, 2.24) is 24.5 Å². The fourth-order valence-corrected chi connectivity index (χ4v) is 7.08. The molecule has 0 radical (unpaired) electrons. The minimum Gasteiger partial charge on any atom is -0.456 e. The number of aromatic nitrogens is 5. The smallest absolute Gasteiger partial charge is 0.164 e. The molecule has 0 spiro atoms. The molecule has 0 saturated carbocycles. The highest BCUT2D eigenvalue weighted by Gasteiger charge is 2.20. The number of hydrogen-bond acceptors (Lipinski definition) is 5. The van der Waals surface area contributed by atoms with Crippen LogP contribution in [0.2, 0.25) is 0 Å². The van der Waals surface area contributed by atoms with Crippen molar-refractivity contribution in [2.75, 3.05) is 0 Å². The molecule has 0 N–H and O–H groups in total. The van der Waals surface area contributed by atoms with E-state index in [1.54, 1.807) is 0 Å². The quantitative estimate of drug-likeness (QED) is 0.187. The summed E-state index contributed by atoms with van der Waals surface area (Å²) in [6.45, 7) is 0. The Bertz CT molecular complexity index is 2820. The maximum absolute atomic E-state index is 6.58. The van der Waals surface area contributed by atoms with Gasteiger partial charge in [0.15, 0.2) is 17.5 Å². The van der Waals surface area contributed by atoms with E-state index in [-0.39, 0.29) is 0 Å². The standard InChI is InChI=1S/C44H27N5O/c1-3-13-28(14-4-1)31-17-7-8-19-33(31)42-46-41(29-15-5-2-6-16-29)47-43(48-42)36-20-11-23-38-40(36)35-25-24-30(27-39(35)50-38)49-37-22-10-9-18-32(37)34-21-12-26-45-44(34)49/h1-27H. The molecule has 6 heteroatoms. The van der Waals surface area contributed by atoms with Crippen molar-refractivity contribution in [3.8, 4) is 51.0 Å². The Morgan fingerprint density at radius 1 is 0.440 bits per heavy atom. The minimum absolute atomic E-state index is 0.584. The maximum Gasteiger partial charge on any atom is 0.164 e. The number of furan rings is 1. The third-order valence-electron chi connectivity index (χ3n) is 9.33. The van der Waals surface area contributed by atoms with Crippen LogP contribution in [0.3, 0.4) is 0 Å². The summed E-state index contributed by atoms with van der Waals surface area (Å²) in [5.41, 5.74) is 9.43. The summed E-state index contributed by atoms with van der Waals surface area (Å²) in [5.74, 6) is 1.80. The van der Waals surface area contributed by atoms with Gasteiger partial charge in [-0.15, -0.1) is 0 Å². The Labute approximate surface area is 287 Å². The van der Waals surface area contributed by atoms with Crippen molar-refractivity contribution in [2.24, 2.45) is 0 Å². The van der Waals surface area contributed by atoms with Gasteiger partial charge in [-0.2, -0.15) is 0 Å². The zero-order valence-corrected chi connectivity index (χ0v) is 26.7. The fraction of sp³-hybridized carbons (Fsp3) is 0. The molecule has 0 unspecified atom stereocenters. The topological polar surface area (TPSA) is 69.6 Å². The summed E-state index contributed by atoms with van der Waals surface area (Å²) < 4.78 is 8.78. The summed E-state index contributed by atoms with van der Waals surface area (Å²) in [7, 11) is 0. The lowest BCUT2D eigenvalue weighted by Gasteiger charge is -2.12. The summed E-state index contributed by atoms with van der Waals surface area (Å²) in [6.07, 6.45) is 1.84. The van der Waals surface area contributed by atoms with E-state index in [2.05, 4.69) is 83.4 Å². The van der Waals surface area contributed by atoms with Crippen LogP contribution in [0.4, 0.5) is 0 Å². The monoisotopic (exact) mass is 641 g/mol. The van der Waals surface area contributed by atoms with Crippen molar-refractivity contribution in [3.63, 3.8) is 0 Å². The van der Waals surface area contributed by atoms with E-state index in [4.69, 9.17) is 24.4 Å². The molecule has 10 rings (SSSR count). The molecule has 0 atom stereocenters. The Morgan fingerprint density at radius 2 is 1.10 bits per heavy atom. The van der Waals surface area contributed by atoms with Gasteiger partial charge >= 0.3 is 0 Å². The van der Waals surface area contributed by atoms with Crippen LogP contribution in [0, 0.1) is 0 Å². The molecule has 50 heavy (non-hydrogen) atoms. The molecule has 0 amide bonds. The summed E-state index contributed by atoms with van der Waals surface area (Å²) in [5, 5.41) is 4.22. The highest BCUT2D eigenvalue weighted by molar-refractivity contribution is 6.13. The molecule has 6 aromatic carbocycles. The number of hydrogen-bond donors (Lipinski definition) is 0. The van der Waals surface area contributed by atoms with Crippen molar-refractivity contribution >= 4 is 43.9 Å². The minimum atomic E-state index is 0.584. The average Bonchev–Trinajstić information content (AvgIpc) is 3.74. The predicted molar refractivity (Wildman–Crippen MR) is 201 cm³/mol. The van der Waals surface area contributed by atoms with Crippen molar-refractivity contribution in [1.29, 1.82) is 0 Å². The van der Waals surface area contributed by atoms with Gasteiger partial charge in [0.1, 0.15) is 16.8 Å². The second kappa shape index (κ2) is 11.4. The van der Waals surface area contributed by atoms with E-state index in [0.717, 1.165) is 77.4 Å². The molecule has 0 aliphatic heterocycles. The first-order chi connectivity index (χ1) is 24.8. The Kier molecular flexibility index (Phi) is 6.39. The van der Waals surface area contributed by atoms with Crippen LogP contribution in [0.15, 0.2) is 168 Å². The first kappa shape index (κ1) is 28.1. The number of para-hydroxylation sites is 1. The molecule has 234 valence electrons. The second-order valence-electron chi connectivity index (χ2n) is 12.3. The lowest BCUT2D eigenvalue weighted by Crippen LogP contribution is -2.01. The number of nitrogens with zero attached hydrogens (tertiary/aromatic N) is 5. The molecule has 0 fully saturated rings. The highest BCUT2D eigenvalue weighted by Crippen LogP contribution is 2.39. The highest BCUT2D eigenvalue weighted by atomic mass is 16.3. The zero-order valence-electron chi connectivity index (χ0n) is 26.7. The van der Waals surface area contributed by atoms with Gasteiger partial charge in [0.25, 0.3) is 0 Å². The van der Waals surface area contributed by atoms with Gasteiger partial charge in [0.2, 0.25) is 0 Å². The Balaban J connectivity index is 1.19. The molecule has 0 aliphatic rings. The van der Waals surface area contributed by atoms with Gasteiger partial charge in [0.05, 0.1) is 11.2 Å². The van der Waals surface area contributed by atoms with Crippen LogP contribution >= 0.6 is 0 Å². The summed E-state index contributed by atoms with van der Waals surface area (Å²) in [4.78, 5) is 20.1. The summed E-state index contributed by atoms with van der Waals surface area (Å²) >= 11 is 0. The molecule has 10 aromatic rings. The third-order valence-corrected chi connectivity index (χ3v) is 9.33. The largest absolute Gasteiger partial charge is 0.456 e. The van der Waals surface area contributed by atoms with E-state index in [1.807, 2.05) is 85.1 Å². The Morgan fingerprint density at radius 3 is 1.94 bits per heavy atom. The van der Waals surface area contributed by atoms with Gasteiger partial charge in [-0.1, -0.05) is 115 Å². The number of pyridine rings is 1. The lowest BCUT2D eigenvalue weighted by atomic mass is 9.99. The number of benzene rings is 6. The first-order valence-electron chi connectivity index (χ1n) is 16.6. The zero-order chi connectivity index (χ0) is 33.0. The van der Waals surface area contributed by atoms with Gasteiger partial charge in [-0.05, 0) is 47.5 Å². The molecule has 0 bridgehead atoms. The van der Waals surface area contributed by atoms with Crippen molar-refractivity contribution < 1.29 is 4.42 Å². The van der Waals surface area contributed by atoms with E-state index < -0.39 is 0 Å². The Hall–Kier alpha value is -6.92. The molecular weight excluding hydrogens is 615 g/mol. The molecule has 0 saturated heterocycles. The van der Waals surface area contributed by atoms with Crippen molar-refractivity contribution in [2.45, 2.75) is 0 Å². The molecule has 4 aromatic heterocycles. The van der Waals surface area contributed by atoms with Crippen LogP contribution in [-0.4, -0.2) is 24.5 Å². The second-order valence-corrected chi connectivity index (χ2v) is 12.3. The van der Waals surface area contributed by atoms with Gasteiger partial charge in [-0.25, -0.2) is 19.9 Å². The van der Waals surface area contributed by atoms with Crippen LogP contribution in [-0.2, 0) is 0 Å². The van der Waals surface area contributed by atoms with E-state index in [1.165, 1.54) is 0 Å². The number of rotatable bonds is 5. The van der Waals surface area contributed by atoms with E-state index in [9.17, 15) is 0 Å². The van der Waals surface area contributed by atoms with Crippen LogP contribution in [0.1, 0.15) is 0 Å². The van der Waals surface area contributed by atoms with Crippen LogP contribution < -0.4 is 0 Å². The van der Waals surface area contributed by atoms with E-state index in [0.29, 0.717) is 17.5 Å². The van der Waals surface area contributed by atoms with Crippen LogP contribution in [0.25, 0.3) is 94.9 Å². The SMILES string of the molecule is c1ccc(-c2nc(-c3ccccc3-c3ccccc3)nc(-c3cccc4oc5cc(-n6c7ccccc7c7cccnc76)ccc5c34)n2)cc1. The first-order valence-corrected chi connectivity index (χ1v) is 16.6. The molecular formula is C44H27N5O. The third kappa shape index (κ3) is 4.50. The van der Waals surface area contributed by atoms with Crippen LogP contribution in [0.5, 0.6) is 0 Å².